The number of amides is 1. The van der Waals surface area contributed by atoms with Gasteiger partial charge in [-0.15, -0.1) is 0 Å². The van der Waals surface area contributed by atoms with Crippen molar-refractivity contribution in [2.75, 3.05) is 4.90 Å². The molecule has 4 rings (SSSR count). The second-order valence-corrected chi connectivity index (χ2v) is 7.48. The van der Waals surface area contributed by atoms with E-state index in [2.05, 4.69) is 15.9 Å². The minimum Gasteiger partial charge on any atom is -0.507 e. The van der Waals surface area contributed by atoms with Crippen molar-refractivity contribution in [2.24, 2.45) is 0 Å². The monoisotopic (exact) mass is 451 g/mol. The molecule has 1 aliphatic rings. The molecule has 0 radical (unpaired) electrons. The van der Waals surface area contributed by atoms with Gasteiger partial charge >= 0.3 is 0 Å². The van der Waals surface area contributed by atoms with Gasteiger partial charge in [0.05, 0.1) is 11.6 Å². The van der Waals surface area contributed by atoms with Crippen molar-refractivity contribution in [2.45, 2.75) is 6.04 Å². The van der Waals surface area contributed by atoms with E-state index < -0.39 is 23.5 Å². The highest BCUT2D eigenvalue weighted by Crippen LogP contribution is 2.42. The highest BCUT2D eigenvalue weighted by Gasteiger charge is 2.46. The Balaban J connectivity index is 1.96. The Hall–Kier alpha value is -3.25. The average molecular weight is 452 g/mol. The number of benzene rings is 3. The van der Waals surface area contributed by atoms with Crippen LogP contribution >= 0.6 is 15.9 Å². The van der Waals surface area contributed by atoms with Gasteiger partial charge in [-0.25, -0.2) is 4.39 Å². The summed E-state index contributed by atoms with van der Waals surface area (Å²) in [5.41, 5.74) is 1.39. The Morgan fingerprint density at radius 1 is 0.931 bits per heavy atom. The maximum atomic E-state index is 13.5. The summed E-state index contributed by atoms with van der Waals surface area (Å²) in [5, 5.41) is 10.9. The highest BCUT2D eigenvalue weighted by atomic mass is 79.9. The zero-order valence-corrected chi connectivity index (χ0v) is 16.6. The molecule has 1 aliphatic heterocycles. The van der Waals surface area contributed by atoms with E-state index in [1.165, 1.54) is 29.2 Å². The molecular weight excluding hydrogens is 437 g/mol. The maximum Gasteiger partial charge on any atom is 0.300 e. The minimum absolute atomic E-state index is 0.0345. The molecule has 0 aliphatic carbocycles. The third kappa shape index (κ3) is 3.47. The number of halogens is 2. The molecule has 1 saturated heterocycles. The van der Waals surface area contributed by atoms with Crippen LogP contribution in [0.25, 0.3) is 5.76 Å². The molecule has 29 heavy (non-hydrogen) atoms. The first-order valence-corrected chi connectivity index (χ1v) is 9.64. The van der Waals surface area contributed by atoms with E-state index in [1.807, 2.05) is 0 Å². The van der Waals surface area contributed by atoms with Crippen LogP contribution in [0.3, 0.4) is 0 Å². The van der Waals surface area contributed by atoms with Crippen LogP contribution in [0.1, 0.15) is 17.2 Å². The fourth-order valence-corrected chi connectivity index (χ4v) is 3.82. The number of aliphatic hydroxyl groups is 1. The van der Waals surface area contributed by atoms with Gasteiger partial charge in [0, 0.05) is 15.7 Å². The Labute approximate surface area is 175 Å². The topological polar surface area (TPSA) is 57.6 Å². The van der Waals surface area contributed by atoms with Gasteiger partial charge < -0.3 is 5.11 Å². The average Bonchev–Trinajstić information content (AvgIpc) is 2.99. The summed E-state index contributed by atoms with van der Waals surface area (Å²) >= 11 is 3.38. The quantitative estimate of drug-likeness (QED) is 0.337. The number of carbonyl (C=O) groups excluding carboxylic acids is 2. The van der Waals surface area contributed by atoms with Crippen LogP contribution in [0.5, 0.6) is 0 Å². The molecule has 1 N–H and O–H groups in total. The van der Waals surface area contributed by atoms with Gasteiger partial charge in [0.15, 0.2) is 0 Å². The van der Waals surface area contributed by atoms with Gasteiger partial charge in [-0.2, -0.15) is 0 Å². The van der Waals surface area contributed by atoms with Crippen molar-refractivity contribution in [3.63, 3.8) is 0 Å². The van der Waals surface area contributed by atoms with Crippen LogP contribution in [-0.2, 0) is 9.59 Å². The Morgan fingerprint density at radius 3 is 2.28 bits per heavy atom. The first kappa shape index (κ1) is 19.1. The molecule has 1 fully saturated rings. The van der Waals surface area contributed by atoms with Crippen LogP contribution in [0.2, 0.25) is 0 Å². The van der Waals surface area contributed by atoms with Gasteiger partial charge in [-0.3, -0.25) is 14.5 Å². The van der Waals surface area contributed by atoms with Crippen molar-refractivity contribution in [3.05, 3.63) is 106 Å². The zero-order chi connectivity index (χ0) is 20.5. The third-order valence-corrected chi connectivity index (χ3v) is 5.26. The molecule has 1 atom stereocenters. The fraction of sp³-hybridized carbons (Fsp3) is 0.0435. The number of aliphatic hydroxyl groups excluding tert-OH is 1. The molecule has 3 aromatic rings. The van der Waals surface area contributed by atoms with Crippen molar-refractivity contribution in [3.8, 4) is 0 Å². The van der Waals surface area contributed by atoms with Gasteiger partial charge in [-0.1, -0.05) is 64.5 Å². The Kier molecular flexibility index (Phi) is 5.03. The summed E-state index contributed by atoms with van der Waals surface area (Å²) in [6, 6.07) is 20.2. The van der Waals surface area contributed by atoms with Crippen LogP contribution in [0.4, 0.5) is 10.1 Å². The Morgan fingerprint density at radius 2 is 1.62 bits per heavy atom. The molecule has 0 unspecified atom stereocenters. The summed E-state index contributed by atoms with van der Waals surface area (Å²) in [5.74, 6) is -2.25. The van der Waals surface area contributed by atoms with Crippen LogP contribution in [0, 0.1) is 5.82 Å². The van der Waals surface area contributed by atoms with E-state index in [-0.39, 0.29) is 11.3 Å². The molecular formula is C23H15BrFNO3. The smallest absolute Gasteiger partial charge is 0.300 e. The van der Waals surface area contributed by atoms with E-state index in [0.29, 0.717) is 16.8 Å². The second kappa shape index (κ2) is 7.64. The second-order valence-electron chi connectivity index (χ2n) is 6.57. The van der Waals surface area contributed by atoms with E-state index in [1.54, 1.807) is 54.6 Å². The molecule has 144 valence electrons. The Bertz CT molecular complexity index is 1130. The van der Waals surface area contributed by atoms with Crippen molar-refractivity contribution in [1.29, 1.82) is 0 Å². The number of hydrogen-bond acceptors (Lipinski definition) is 3. The van der Waals surface area contributed by atoms with E-state index in [0.717, 1.165) is 4.47 Å². The standard InChI is InChI=1S/C23H15BrFNO3/c24-16-7-4-8-18(13-16)26-20(14-9-11-17(25)12-10-14)19(22(28)23(26)29)21(27)15-5-2-1-3-6-15/h1-13,20,27H/b21-19+/t20-/m1/s1. The highest BCUT2D eigenvalue weighted by molar-refractivity contribution is 9.10. The molecule has 0 bridgehead atoms. The van der Waals surface area contributed by atoms with Crippen LogP contribution in [0.15, 0.2) is 88.9 Å². The molecule has 6 heteroatoms. The maximum absolute atomic E-state index is 13.5. The SMILES string of the molecule is O=C1C(=O)N(c2cccc(Br)c2)[C@H](c2ccc(F)cc2)/C1=C(\O)c1ccccc1. The molecule has 4 nitrogen and oxygen atoms in total. The van der Waals surface area contributed by atoms with Gasteiger partial charge in [0.1, 0.15) is 11.6 Å². The number of hydrogen-bond donors (Lipinski definition) is 1. The number of rotatable bonds is 3. The summed E-state index contributed by atoms with van der Waals surface area (Å²) in [6.45, 7) is 0. The molecule has 0 spiro atoms. The zero-order valence-electron chi connectivity index (χ0n) is 15.0. The first-order valence-electron chi connectivity index (χ1n) is 8.85. The van der Waals surface area contributed by atoms with E-state index in [4.69, 9.17) is 0 Å². The fourth-order valence-electron chi connectivity index (χ4n) is 3.44. The normalized spacial score (nSPS) is 18.3. The van der Waals surface area contributed by atoms with Crippen molar-refractivity contribution >= 4 is 39.1 Å². The van der Waals surface area contributed by atoms with Crippen LogP contribution < -0.4 is 4.90 Å². The van der Waals surface area contributed by atoms with Gasteiger partial charge in [-0.05, 0) is 35.9 Å². The minimum atomic E-state index is -0.884. The van der Waals surface area contributed by atoms with Gasteiger partial charge in [0.2, 0.25) is 0 Å². The number of nitrogens with zero attached hydrogens (tertiary/aromatic N) is 1. The number of carbonyl (C=O) groups is 2. The lowest BCUT2D eigenvalue weighted by Gasteiger charge is -2.25. The molecule has 3 aromatic carbocycles. The van der Waals surface area contributed by atoms with Crippen molar-refractivity contribution in [1.82, 2.24) is 0 Å². The number of anilines is 1. The lowest BCUT2D eigenvalue weighted by molar-refractivity contribution is -0.132. The van der Waals surface area contributed by atoms with Crippen molar-refractivity contribution < 1.29 is 19.1 Å². The van der Waals surface area contributed by atoms with Crippen LogP contribution in [-0.4, -0.2) is 16.8 Å². The molecule has 0 saturated carbocycles. The summed E-state index contributed by atoms with van der Waals surface area (Å²) in [6.07, 6.45) is 0. The lowest BCUT2D eigenvalue weighted by Crippen LogP contribution is -2.29. The molecule has 1 amide bonds. The third-order valence-electron chi connectivity index (χ3n) is 4.76. The van der Waals surface area contributed by atoms with E-state index in [9.17, 15) is 19.1 Å². The number of ketones is 1. The largest absolute Gasteiger partial charge is 0.507 e. The summed E-state index contributed by atoms with van der Waals surface area (Å²) in [4.78, 5) is 27.2. The molecule has 1 heterocycles. The van der Waals surface area contributed by atoms with Gasteiger partial charge in [0.25, 0.3) is 11.7 Å². The first-order chi connectivity index (χ1) is 14.0. The summed E-state index contributed by atoms with van der Waals surface area (Å²) < 4.78 is 14.2. The lowest BCUT2D eigenvalue weighted by atomic mass is 9.95. The summed E-state index contributed by atoms with van der Waals surface area (Å²) in [7, 11) is 0. The molecule has 0 aromatic heterocycles. The number of Topliss-reactive ketones (excluding diaryl/α,β-unsaturated/α-hetero) is 1. The predicted molar refractivity (Wildman–Crippen MR) is 112 cm³/mol. The predicted octanol–water partition coefficient (Wildman–Crippen LogP) is 5.21. The van der Waals surface area contributed by atoms with E-state index >= 15 is 0 Å².